The van der Waals surface area contributed by atoms with Gasteiger partial charge >= 0.3 is 5.97 Å². The van der Waals surface area contributed by atoms with Gasteiger partial charge in [0, 0.05) is 12.8 Å². The van der Waals surface area contributed by atoms with Gasteiger partial charge in [0.25, 0.3) is 0 Å². The number of carbonyl (C=O) groups excluding carboxylic acids is 2. The van der Waals surface area contributed by atoms with E-state index in [2.05, 4.69) is 43.5 Å². The molecule has 0 aliphatic heterocycles. The van der Waals surface area contributed by atoms with Crippen LogP contribution >= 0.6 is 0 Å². The van der Waals surface area contributed by atoms with Crippen molar-refractivity contribution >= 4 is 11.9 Å². The van der Waals surface area contributed by atoms with Gasteiger partial charge in [0.1, 0.15) is 0 Å². The minimum Gasteiger partial charge on any atom is -0.466 e. The van der Waals surface area contributed by atoms with E-state index in [1.54, 1.807) is 0 Å². The van der Waals surface area contributed by atoms with Crippen LogP contribution in [0.3, 0.4) is 0 Å². The van der Waals surface area contributed by atoms with Gasteiger partial charge in [-0.05, 0) is 57.8 Å². The standard InChI is InChI=1S/C70H135NO5/c1-3-5-7-9-11-13-15-17-19-20-21-22-23-24-25-26-28-31-35-38-42-46-50-54-58-62-68(73)67(66-72)71-69(74)63-59-55-51-47-43-39-36-32-29-27-30-33-37-41-45-49-53-57-61-65-76-70(75)64-60-56-52-48-44-40-34-18-16-14-12-10-8-6-4-2/h33,37,41,45,67-68,72-73H,3-32,34-36,38-40,42-44,46-66H2,1-2H3,(H,71,74)/b37-33-,45-41-. The molecule has 3 N–H and O–H groups in total. The van der Waals surface area contributed by atoms with Gasteiger partial charge in [-0.15, -0.1) is 0 Å². The lowest BCUT2D eigenvalue weighted by atomic mass is 10.0. The Morgan fingerprint density at radius 2 is 0.645 bits per heavy atom. The van der Waals surface area contributed by atoms with Crippen molar-refractivity contribution in [3.8, 4) is 0 Å². The number of unbranched alkanes of at least 4 members (excludes halogenated alkanes) is 51. The predicted octanol–water partition coefficient (Wildman–Crippen LogP) is 22.1. The number of rotatable bonds is 65. The number of aliphatic hydroxyl groups excluding tert-OH is 2. The van der Waals surface area contributed by atoms with Crippen LogP contribution in [-0.2, 0) is 14.3 Å². The first-order valence-electron chi connectivity index (χ1n) is 34.6. The molecule has 450 valence electrons. The molecule has 2 unspecified atom stereocenters. The quantitative estimate of drug-likeness (QED) is 0.0320. The number of amides is 1. The lowest BCUT2D eigenvalue weighted by Gasteiger charge is -2.22. The average molecular weight is 1070 g/mol. The Morgan fingerprint density at radius 3 is 0.974 bits per heavy atom. The molecule has 0 heterocycles. The van der Waals surface area contributed by atoms with Crippen molar-refractivity contribution in [3.05, 3.63) is 24.3 Å². The zero-order chi connectivity index (χ0) is 55.0. The molecule has 0 rings (SSSR count). The highest BCUT2D eigenvalue weighted by Crippen LogP contribution is 2.19. The molecule has 0 aliphatic rings. The van der Waals surface area contributed by atoms with Gasteiger partial charge in [-0.1, -0.05) is 340 Å². The van der Waals surface area contributed by atoms with Crippen LogP contribution in [0.5, 0.6) is 0 Å². The molecular formula is C70H135NO5. The number of allylic oxidation sites excluding steroid dienone is 4. The zero-order valence-corrected chi connectivity index (χ0v) is 51.5. The van der Waals surface area contributed by atoms with Crippen LogP contribution in [0, 0.1) is 0 Å². The van der Waals surface area contributed by atoms with Crippen LogP contribution in [0.2, 0.25) is 0 Å². The fourth-order valence-electron chi connectivity index (χ4n) is 11.0. The van der Waals surface area contributed by atoms with Crippen LogP contribution in [-0.4, -0.2) is 47.4 Å². The number of nitrogens with one attached hydrogen (secondary N) is 1. The lowest BCUT2D eigenvalue weighted by Crippen LogP contribution is -2.45. The summed E-state index contributed by atoms with van der Waals surface area (Å²) in [5.74, 6) is -0.0495. The average Bonchev–Trinajstić information content (AvgIpc) is 3.42. The summed E-state index contributed by atoms with van der Waals surface area (Å²) in [5, 5.41) is 23.4. The molecule has 2 atom stereocenters. The Morgan fingerprint density at radius 1 is 0.368 bits per heavy atom. The fourth-order valence-corrected chi connectivity index (χ4v) is 11.0. The predicted molar refractivity (Wildman–Crippen MR) is 333 cm³/mol. The first-order valence-corrected chi connectivity index (χ1v) is 34.6. The minimum atomic E-state index is -0.673. The molecule has 0 saturated heterocycles. The number of aliphatic hydroxyl groups is 2. The van der Waals surface area contributed by atoms with E-state index in [4.69, 9.17) is 4.74 Å². The van der Waals surface area contributed by atoms with Crippen molar-refractivity contribution < 1.29 is 24.5 Å². The highest BCUT2D eigenvalue weighted by Gasteiger charge is 2.20. The van der Waals surface area contributed by atoms with E-state index in [-0.39, 0.29) is 18.5 Å². The Bertz CT molecular complexity index is 1190. The first kappa shape index (κ1) is 74.3. The normalized spacial score (nSPS) is 12.6. The molecule has 0 saturated carbocycles. The Balaban J connectivity index is 3.45. The van der Waals surface area contributed by atoms with Crippen LogP contribution in [0.4, 0.5) is 0 Å². The topological polar surface area (TPSA) is 95.9 Å². The minimum absolute atomic E-state index is 0.00936. The van der Waals surface area contributed by atoms with E-state index < -0.39 is 12.1 Å². The van der Waals surface area contributed by atoms with Crippen LogP contribution < -0.4 is 5.32 Å². The largest absolute Gasteiger partial charge is 0.466 e. The van der Waals surface area contributed by atoms with E-state index in [1.165, 1.54) is 283 Å². The van der Waals surface area contributed by atoms with E-state index in [1.807, 2.05) is 0 Å². The summed E-state index contributed by atoms with van der Waals surface area (Å²) in [7, 11) is 0. The smallest absolute Gasteiger partial charge is 0.305 e. The summed E-state index contributed by atoms with van der Waals surface area (Å²) in [4.78, 5) is 24.6. The molecule has 0 aliphatic carbocycles. The maximum atomic E-state index is 12.5. The summed E-state index contributed by atoms with van der Waals surface area (Å²) < 4.78 is 5.47. The molecule has 6 nitrogen and oxygen atoms in total. The van der Waals surface area contributed by atoms with E-state index in [0.717, 1.165) is 70.6 Å². The van der Waals surface area contributed by atoms with Gasteiger partial charge in [-0.25, -0.2) is 0 Å². The van der Waals surface area contributed by atoms with Crippen molar-refractivity contribution in [2.24, 2.45) is 0 Å². The molecule has 0 bridgehead atoms. The third-order valence-electron chi connectivity index (χ3n) is 16.3. The summed E-state index contributed by atoms with van der Waals surface area (Å²) in [6.07, 6.45) is 82.1. The van der Waals surface area contributed by atoms with Gasteiger partial charge in [0.15, 0.2) is 0 Å². The first-order chi connectivity index (χ1) is 37.5. The Labute approximate surface area is 475 Å². The highest BCUT2D eigenvalue weighted by atomic mass is 16.5. The summed E-state index contributed by atoms with van der Waals surface area (Å²) in [5.41, 5.74) is 0. The summed E-state index contributed by atoms with van der Waals surface area (Å²) in [6, 6.07) is -0.551. The van der Waals surface area contributed by atoms with E-state index >= 15 is 0 Å². The number of hydrogen-bond acceptors (Lipinski definition) is 5. The second-order valence-corrected chi connectivity index (χ2v) is 23.9. The SMILES string of the molecule is CCCCCCCCCCCCCCCCCCCCCCCCCCCC(O)C(CO)NC(=O)CCCCCCCCCCCC/C=C\C=C/CCCCCOC(=O)CCCCCCCCCCCCCCCCC. The van der Waals surface area contributed by atoms with Crippen LogP contribution in [0.15, 0.2) is 24.3 Å². The maximum Gasteiger partial charge on any atom is 0.305 e. The van der Waals surface area contributed by atoms with Crippen molar-refractivity contribution in [3.63, 3.8) is 0 Å². The van der Waals surface area contributed by atoms with Crippen molar-refractivity contribution in [2.45, 2.75) is 398 Å². The zero-order valence-electron chi connectivity index (χ0n) is 51.5. The molecule has 0 aromatic carbocycles. The maximum absolute atomic E-state index is 12.5. The molecule has 0 spiro atoms. The molecule has 0 fully saturated rings. The number of hydrogen-bond donors (Lipinski definition) is 3. The molecular weight excluding hydrogens is 935 g/mol. The Kier molecular flexibility index (Phi) is 64.4. The molecule has 76 heavy (non-hydrogen) atoms. The van der Waals surface area contributed by atoms with Gasteiger partial charge in [-0.2, -0.15) is 0 Å². The number of carbonyl (C=O) groups is 2. The molecule has 0 radical (unpaired) electrons. The van der Waals surface area contributed by atoms with Gasteiger partial charge in [0.2, 0.25) is 5.91 Å². The monoisotopic (exact) mass is 1070 g/mol. The summed E-state index contributed by atoms with van der Waals surface area (Å²) in [6.45, 7) is 4.95. The highest BCUT2D eigenvalue weighted by molar-refractivity contribution is 5.76. The van der Waals surface area contributed by atoms with Crippen molar-refractivity contribution in [1.29, 1.82) is 0 Å². The third-order valence-corrected chi connectivity index (χ3v) is 16.3. The number of ether oxygens (including phenoxy) is 1. The van der Waals surface area contributed by atoms with Gasteiger partial charge in [-0.3, -0.25) is 9.59 Å². The Hall–Kier alpha value is -1.66. The van der Waals surface area contributed by atoms with Crippen LogP contribution in [0.1, 0.15) is 386 Å². The molecule has 0 aromatic rings. The fraction of sp³-hybridized carbons (Fsp3) is 0.914. The van der Waals surface area contributed by atoms with E-state index in [0.29, 0.717) is 25.9 Å². The third kappa shape index (κ3) is 61.6. The second-order valence-electron chi connectivity index (χ2n) is 23.9. The van der Waals surface area contributed by atoms with Crippen LogP contribution in [0.25, 0.3) is 0 Å². The summed E-state index contributed by atoms with van der Waals surface area (Å²) >= 11 is 0. The van der Waals surface area contributed by atoms with Crippen molar-refractivity contribution in [2.75, 3.05) is 13.2 Å². The molecule has 6 heteroatoms. The number of esters is 1. The van der Waals surface area contributed by atoms with Crippen molar-refractivity contribution in [1.82, 2.24) is 5.32 Å². The molecule has 0 aromatic heterocycles. The van der Waals surface area contributed by atoms with Gasteiger partial charge in [0.05, 0.1) is 25.4 Å². The molecule has 1 amide bonds. The lowest BCUT2D eigenvalue weighted by molar-refractivity contribution is -0.143. The second kappa shape index (κ2) is 65.9. The van der Waals surface area contributed by atoms with Gasteiger partial charge < -0.3 is 20.3 Å². The van der Waals surface area contributed by atoms with E-state index in [9.17, 15) is 19.8 Å².